The molecule has 0 amide bonds. The van der Waals surface area contributed by atoms with E-state index in [-0.39, 0.29) is 0 Å². The molecule has 0 aliphatic carbocycles. The third kappa shape index (κ3) is 3.84. The van der Waals surface area contributed by atoms with Crippen molar-refractivity contribution in [1.82, 2.24) is 5.32 Å². The minimum atomic E-state index is 0.331. The summed E-state index contributed by atoms with van der Waals surface area (Å²) in [5.41, 5.74) is 5.11. The predicted octanol–water partition coefficient (Wildman–Crippen LogP) is 4.85. The lowest BCUT2D eigenvalue weighted by Gasteiger charge is -2.19. The number of nitrogens with one attached hydrogen (secondary N) is 1. The van der Waals surface area contributed by atoms with Crippen molar-refractivity contribution in [3.8, 4) is 0 Å². The third-order valence-electron chi connectivity index (χ3n) is 3.56. The molecule has 1 unspecified atom stereocenters. The Labute approximate surface area is 127 Å². The van der Waals surface area contributed by atoms with E-state index in [0.29, 0.717) is 6.04 Å². The van der Waals surface area contributed by atoms with E-state index in [9.17, 15) is 0 Å². The van der Waals surface area contributed by atoms with Gasteiger partial charge in [-0.25, -0.2) is 0 Å². The van der Waals surface area contributed by atoms with Crippen LogP contribution in [-0.4, -0.2) is 6.54 Å². The number of rotatable bonds is 5. The lowest BCUT2D eigenvalue weighted by Crippen LogP contribution is -2.23. The zero-order valence-corrected chi connectivity index (χ0v) is 13.2. The van der Waals surface area contributed by atoms with Crippen molar-refractivity contribution in [2.45, 2.75) is 33.2 Å². The van der Waals surface area contributed by atoms with Gasteiger partial charge in [-0.05, 0) is 49.6 Å². The quantitative estimate of drug-likeness (QED) is 0.829. The van der Waals surface area contributed by atoms with Gasteiger partial charge in [0.05, 0.1) is 0 Å². The first-order valence-corrected chi connectivity index (χ1v) is 7.53. The Balaban J connectivity index is 2.24. The maximum absolute atomic E-state index is 6.12. The molecule has 0 saturated carbocycles. The monoisotopic (exact) mass is 287 g/mol. The maximum atomic E-state index is 6.12. The summed E-state index contributed by atoms with van der Waals surface area (Å²) in [6.45, 7) is 7.30. The van der Waals surface area contributed by atoms with Gasteiger partial charge < -0.3 is 5.32 Å². The fourth-order valence-electron chi connectivity index (χ4n) is 2.51. The molecule has 2 heteroatoms. The van der Waals surface area contributed by atoms with E-state index < -0.39 is 0 Å². The highest BCUT2D eigenvalue weighted by atomic mass is 35.5. The van der Waals surface area contributed by atoms with Crippen LogP contribution >= 0.6 is 11.6 Å². The Morgan fingerprint density at radius 3 is 2.55 bits per heavy atom. The third-order valence-corrected chi connectivity index (χ3v) is 3.98. The van der Waals surface area contributed by atoms with Crippen molar-refractivity contribution in [2.24, 2.45) is 0 Å². The van der Waals surface area contributed by atoms with Gasteiger partial charge in [-0.15, -0.1) is 0 Å². The molecule has 2 aromatic rings. The van der Waals surface area contributed by atoms with E-state index in [0.717, 1.165) is 23.6 Å². The Kier molecular flexibility index (Phi) is 5.22. The standard InChI is InChI=1S/C18H22ClN/c1-4-20-18(12-15-7-5-6-13(2)10-15)16-8-9-17(19)14(3)11-16/h5-11,18,20H,4,12H2,1-3H3. The molecule has 0 heterocycles. The highest BCUT2D eigenvalue weighted by Crippen LogP contribution is 2.23. The van der Waals surface area contributed by atoms with E-state index in [1.54, 1.807) is 0 Å². The summed E-state index contributed by atoms with van der Waals surface area (Å²) in [6.07, 6.45) is 0.997. The van der Waals surface area contributed by atoms with Gasteiger partial charge in [0.25, 0.3) is 0 Å². The van der Waals surface area contributed by atoms with Gasteiger partial charge in [0.1, 0.15) is 0 Å². The first-order chi connectivity index (χ1) is 9.60. The number of hydrogen-bond acceptors (Lipinski definition) is 1. The number of benzene rings is 2. The molecule has 0 saturated heterocycles. The molecule has 0 aromatic heterocycles. The molecule has 0 aliphatic rings. The number of halogens is 1. The minimum Gasteiger partial charge on any atom is -0.310 e. The number of hydrogen-bond donors (Lipinski definition) is 1. The van der Waals surface area contributed by atoms with Crippen LogP contribution in [0.3, 0.4) is 0 Å². The van der Waals surface area contributed by atoms with Gasteiger partial charge >= 0.3 is 0 Å². The molecule has 20 heavy (non-hydrogen) atoms. The lowest BCUT2D eigenvalue weighted by atomic mass is 9.96. The van der Waals surface area contributed by atoms with Crippen LogP contribution in [0.1, 0.15) is 35.2 Å². The van der Waals surface area contributed by atoms with E-state index in [4.69, 9.17) is 11.6 Å². The van der Waals surface area contributed by atoms with E-state index in [1.165, 1.54) is 16.7 Å². The Morgan fingerprint density at radius 1 is 1.10 bits per heavy atom. The van der Waals surface area contributed by atoms with Gasteiger partial charge in [0.15, 0.2) is 0 Å². The summed E-state index contributed by atoms with van der Waals surface area (Å²) < 4.78 is 0. The second-order valence-electron chi connectivity index (χ2n) is 5.31. The highest BCUT2D eigenvalue weighted by molar-refractivity contribution is 6.31. The van der Waals surface area contributed by atoms with Gasteiger partial charge in [-0.3, -0.25) is 0 Å². The fourth-order valence-corrected chi connectivity index (χ4v) is 2.63. The van der Waals surface area contributed by atoms with E-state index in [2.05, 4.69) is 62.5 Å². The van der Waals surface area contributed by atoms with Crippen molar-refractivity contribution in [3.05, 3.63) is 69.7 Å². The van der Waals surface area contributed by atoms with Crippen LogP contribution in [0.15, 0.2) is 42.5 Å². The Bertz CT molecular complexity index is 577. The molecule has 1 N–H and O–H groups in total. The van der Waals surface area contributed by atoms with Gasteiger partial charge in [0.2, 0.25) is 0 Å². The molecular weight excluding hydrogens is 266 g/mol. The molecule has 0 bridgehead atoms. The molecule has 2 rings (SSSR count). The zero-order valence-electron chi connectivity index (χ0n) is 12.4. The van der Waals surface area contributed by atoms with Crippen molar-refractivity contribution < 1.29 is 0 Å². The van der Waals surface area contributed by atoms with Crippen molar-refractivity contribution in [1.29, 1.82) is 0 Å². The second kappa shape index (κ2) is 6.92. The Hall–Kier alpha value is -1.31. The molecule has 0 fully saturated rings. The van der Waals surface area contributed by atoms with E-state index in [1.807, 2.05) is 6.07 Å². The van der Waals surface area contributed by atoms with Crippen LogP contribution in [0.25, 0.3) is 0 Å². The molecular formula is C18H22ClN. The van der Waals surface area contributed by atoms with Crippen molar-refractivity contribution >= 4 is 11.6 Å². The summed E-state index contributed by atoms with van der Waals surface area (Å²) in [6, 6.07) is 15.3. The maximum Gasteiger partial charge on any atom is 0.0435 e. The smallest absolute Gasteiger partial charge is 0.0435 e. The Morgan fingerprint density at radius 2 is 1.90 bits per heavy atom. The average Bonchev–Trinajstić information content (AvgIpc) is 2.41. The van der Waals surface area contributed by atoms with Crippen LogP contribution in [0.5, 0.6) is 0 Å². The van der Waals surface area contributed by atoms with Gasteiger partial charge in [0, 0.05) is 11.1 Å². The molecule has 1 nitrogen and oxygen atoms in total. The number of aryl methyl sites for hydroxylation is 2. The summed E-state index contributed by atoms with van der Waals surface area (Å²) in [5.74, 6) is 0. The van der Waals surface area contributed by atoms with Crippen LogP contribution < -0.4 is 5.32 Å². The molecule has 106 valence electrons. The summed E-state index contributed by atoms with van der Waals surface area (Å²) in [4.78, 5) is 0. The largest absolute Gasteiger partial charge is 0.310 e. The minimum absolute atomic E-state index is 0.331. The molecule has 0 radical (unpaired) electrons. The van der Waals surface area contributed by atoms with Crippen LogP contribution in [-0.2, 0) is 6.42 Å². The van der Waals surface area contributed by atoms with Crippen LogP contribution in [0.2, 0.25) is 5.02 Å². The molecule has 1 atom stereocenters. The average molecular weight is 288 g/mol. The van der Waals surface area contributed by atoms with E-state index >= 15 is 0 Å². The van der Waals surface area contributed by atoms with Crippen molar-refractivity contribution in [3.63, 3.8) is 0 Å². The first-order valence-electron chi connectivity index (χ1n) is 7.15. The summed E-state index contributed by atoms with van der Waals surface area (Å²) in [7, 11) is 0. The lowest BCUT2D eigenvalue weighted by molar-refractivity contribution is 0.549. The number of likely N-dealkylation sites (N-methyl/N-ethyl adjacent to an activating group) is 1. The summed E-state index contributed by atoms with van der Waals surface area (Å²) >= 11 is 6.12. The van der Waals surface area contributed by atoms with Crippen LogP contribution in [0, 0.1) is 13.8 Å². The molecule has 2 aromatic carbocycles. The van der Waals surface area contributed by atoms with Gasteiger partial charge in [-0.1, -0.05) is 60.5 Å². The zero-order chi connectivity index (χ0) is 14.5. The normalized spacial score (nSPS) is 12.4. The van der Waals surface area contributed by atoms with Gasteiger partial charge in [-0.2, -0.15) is 0 Å². The fraction of sp³-hybridized carbons (Fsp3) is 0.333. The first kappa shape index (κ1) is 15.1. The SMILES string of the molecule is CCNC(Cc1cccc(C)c1)c1ccc(Cl)c(C)c1. The summed E-state index contributed by atoms with van der Waals surface area (Å²) in [5, 5.41) is 4.40. The molecule has 0 spiro atoms. The second-order valence-corrected chi connectivity index (χ2v) is 5.72. The highest BCUT2D eigenvalue weighted by Gasteiger charge is 2.12. The predicted molar refractivity (Wildman–Crippen MR) is 87.5 cm³/mol. The topological polar surface area (TPSA) is 12.0 Å². The van der Waals surface area contributed by atoms with Crippen LogP contribution in [0.4, 0.5) is 0 Å². The van der Waals surface area contributed by atoms with Crippen molar-refractivity contribution in [2.75, 3.05) is 6.54 Å². The molecule has 0 aliphatic heterocycles.